The summed E-state index contributed by atoms with van der Waals surface area (Å²) in [7, 11) is 0. The fraction of sp³-hybridized carbons (Fsp3) is 0.276. The van der Waals surface area contributed by atoms with Crippen LogP contribution in [0.15, 0.2) is 61.1 Å². The quantitative estimate of drug-likeness (QED) is 0.293. The van der Waals surface area contributed by atoms with E-state index in [0.717, 1.165) is 82.4 Å². The molecule has 1 aliphatic rings. The van der Waals surface area contributed by atoms with Crippen LogP contribution in [-0.4, -0.2) is 44.1 Å². The fourth-order valence-electron chi connectivity index (χ4n) is 5.41. The predicted molar refractivity (Wildman–Crippen MR) is 142 cm³/mol. The van der Waals surface area contributed by atoms with Crippen molar-refractivity contribution in [3.8, 4) is 22.4 Å². The Balaban J connectivity index is 0.00000267. The fourth-order valence-corrected chi connectivity index (χ4v) is 5.41. The number of fused-ring (bicyclic) bond motifs is 2. The Kier molecular flexibility index (Phi) is 7.20. The number of anilines is 1. The number of nitrogens with two attached hydrogens (primary N) is 1. The van der Waals surface area contributed by atoms with Gasteiger partial charge < -0.3 is 20.2 Å². The van der Waals surface area contributed by atoms with Crippen molar-refractivity contribution in [2.45, 2.75) is 32.7 Å². The van der Waals surface area contributed by atoms with E-state index in [9.17, 15) is 0 Å². The van der Waals surface area contributed by atoms with Gasteiger partial charge >= 0.3 is 0 Å². The molecule has 1 saturated heterocycles. The first-order chi connectivity index (χ1) is 17.1. The molecule has 0 amide bonds. The summed E-state index contributed by atoms with van der Waals surface area (Å²) in [5.41, 5.74) is 13.6. The van der Waals surface area contributed by atoms with Crippen molar-refractivity contribution < 1.29 is 32.7 Å². The van der Waals surface area contributed by atoms with Crippen LogP contribution in [-0.2, 0) is 32.7 Å². The molecule has 4 heterocycles. The summed E-state index contributed by atoms with van der Waals surface area (Å²) in [4.78, 5) is 16.6. The van der Waals surface area contributed by atoms with Crippen LogP contribution in [0.3, 0.4) is 0 Å². The maximum atomic E-state index is 6.45. The number of nitrogen functional groups attached to an aromatic ring is 1. The molecular weight excluding hydrogens is 521 g/mol. The van der Waals surface area contributed by atoms with E-state index >= 15 is 0 Å². The van der Waals surface area contributed by atoms with Crippen LogP contribution < -0.4 is 5.73 Å². The minimum atomic E-state index is 0. The van der Waals surface area contributed by atoms with Gasteiger partial charge in [-0.05, 0) is 48.6 Å². The van der Waals surface area contributed by atoms with Crippen LogP contribution in [0.4, 0.5) is 5.82 Å². The van der Waals surface area contributed by atoms with Gasteiger partial charge in [-0.3, -0.25) is 0 Å². The van der Waals surface area contributed by atoms with Gasteiger partial charge in [-0.25, -0.2) is 9.97 Å². The topological polar surface area (TPSA) is 72.9 Å². The number of nitrogens with zero attached hydrogens (tertiary/aromatic N) is 5. The first kappa shape index (κ1) is 25.0. The standard InChI is InChI=1S/C29H29N6.Y/c1-3-34-15-13-22(14-16-34)35-17-24(26-28(30)31-18-32-29(26)35)23-11-9-21-10-12-25(33-27(21)19(23)2)20-7-5-4-6-8-20;/h4-9,11-12,17-18,22H,3,13-16H2,1-2H3,(H2,30,31,32);/q-1;. The smallest absolute Gasteiger partial charge is 0.146 e. The van der Waals surface area contributed by atoms with Crippen LogP contribution >= 0.6 is 0 Å². The molecule has 0 unspecified atom stereocenters. The van der Waals surface area contributed by atoms with E-state index in [4.69, 9.17) is 10.7 Å². The van der Waals surface area contributed by atoms with Gasteiger partial charge in [-0.15, -0.1) is 23.6 Å². The van der Waals surface area contributed by atoms with Gasteiger partial charge in [-0.1, -0.05) is 48.9 Å². The Bertz CT molecular complexity index is 1520. The molecule has 1 fully saturated rings. The second-order valence-corrected chi connectivity index (χ2v) is 9.36. The molecule has 2 aromatic carbocycles. The van der Waals surface area contributed by atoms with Crippen molar-refractivity contribution >= 4 is 27.8 Å². The molecule has 0 atom stereocenters. The van der Waals surface area contributed by atoms with Crippen molar-refractivity contribution in [1.29, 1.82) is 0 Å². The number of likely N-dealkylation sites (tertiary alicyclic amines) is 1. The van der Waals surface area contributed by atoms with E-state index in [1.165, 1.54) is 0 Å². The number of rotatable bonds is 4. The van der Waals surface area contributed by atoms with Gasteiger partial charge in [-0.2, -0.15) is 0 Å². The third kappa shape index (κ3) is 4.36. The molecule has 0 bridgehead atoms. The van der Waals surface area contributed by atoms with Gasteiger partial charge in [0.1, 0.15) is 17.8 Å². The first-order valence-electron chi connectivity index (χ1n) is 12.3. The molecule has 1 radical (unpaired) electrons. The normalized spacial score (nSPS) is 14.8. The summed E-state index contributed by atoms with van der Waals surface area (Å²) < 4.78 is 2.33. The molecule has 0 aliphatic carbocycles. The molecule has 179 valence electrons. The van der Waals surface area contributed by atoms with E-state index in [0.29, 0.717) is 11.9 Å². The molecule has 6 rings (SSSR count). The van der Waals surface area contributed by atoms with E-state index < -0.39 is 0 Å². The number of piperidine rings is 1. The molecule has 0 spiro atoms. The van der Waals surface area contributed by atoms with Crippen molar-refractivity contribution in [2.24, 2.45) is 0 Å². The number of aromatic nitrogens is 4. The zero-order chi connectivity index (χ0) is 23.9. The minimum Gasteiger partial charge on any atom is -0.383 e. The van der Waals surface area contributed by atoms with Crippen LogP contribution in [0.25, 0.3) is 44.3 Å². The second kappa shape index (κ2) is 10.4. The third-order valence-electron chi connectivity index (χ3n) is 7.42. The molecule has 2 N–H and O–H groups in total. The number of aryl methyl sites for hydroxylation is 1. The number of benzene rings is 2. The molecule has 36 heavy (non-hydrogen) atoms. The third-order valence-corrected chi connectivity index (χ3v) is 7.42. The summed E-state index contributed by atoms with van der Waals surface area (Å²) in [6, 6.07) is 20.3. The first-order valence-corrected chi connectivity index (χ1v) is 12.3. The monoisotopic (exact) mass is 550 g/mol. The van der Waals surface area contributed by atoms with Gasteiger partial charge in [0.2, 0.25) is 0 Å². The second-order valence-electron chi connectivity index (χ2n) is 9.36. The molecule has 7 heteroatoms. The van der Waals surface area contributed by atoms with E-state index in [2.05, 4.69) is 69.8 Å². The average molecular weight is 550 g/mol. The predicted octanol–water partition coefficient (Wildman–Crippen LogP) is 5.66. The number of hydrogen-bond donors (Lipinski definition) is 1. The summed E-state index contributed by atoms with van der Waals surface area (Å²) in [6.45, 7) is 7.68. The summed E-state index contributed by atoms with van der Waals surface area (Å²) in [5.74, 6) is 0.520. The van der Waals surface area contributed by atoms with Gasteiger partial charge in [0.15, 0.2) is 0 Å². The Hall–Kier alpha value is -2.67. The van der Waals surface area contributed by atoms with E-state index in [1.807, 2.05) is 24.3 Å². The summed E-state index contributed by atoms with van der Waals surface area (Å²) in [6.07, 6.45) is 6.03. The largest absolute Gasteiger partial charge is 0.383 e. The molecular formula is C29H29N6Y-. The van der Waals surface area contributed by atoms with Crippen LogP contribution in [0.5, 0.6) is 0 Å². The zero-order valence-corrected chi connectivity index (χ0v) is 23.6. The molecule has 3 aromatic heterocycles. The average Bonchev–Trinajstić information content (AvgIpc) is 3.30. The molecule has 5 aromatic rings. The van der Waals surface area contributed by atoms with Gasteiger partial charge in [0, 0.05) is 63.6 Å². The summed E-state index contributed by atoms with van der Waals surface area (Å²) in [5, 5.41) is 1.93. The Morgan fingerprint density at radius 2 is 1.81 bits per heavy atom. The van der Waals surface area contributed by atoms with Crippen LogP contribution in [0.1, 0.15) is 31.4 Å². The van der Waals surface area contributed by atoms with Crippen LogP contribution in [0.2, 0.25) is 0 Å². The minimum absolute atomic E-state index is 0. The molecule has 6 nitrogen and oxygen atoms in total. The van der Waals surface area contributed by atoms with E-state index in [1.54, 1.807) is 6.33 Å². The van der Waals surface area contributed by atoms with Crippen LogP contribution in [0, 0.1) is 13.0 Å². The SMILES string of the molecule is CCN1CCC(n2cc(-c3ccc4[c-]cc(-c5ccccc5)nc4c3C)c3c(N)ncnc32)CC1.[Y]. The Labute approximate surface area is 236 Å². The molecule has 1 aliphatic heterocycles. The Morgan fingerprint density at radius 1 is 1.03 bits per heavy atom. The molecule has 0 saturated carbocycles. The van der Waals surface area contributed by atoms with Crippen molar-refractivity contribution in [1.82, 2.24) is 24.4 Å². The maximum Gasteiger partial charge on any atom is 0.146 e. The number of pyridine rings is 1. The van der Waals surface area contributed by atoms with Crippen molar-refractivity contribution in [3.63, 3.8) is 0 Å². The maximum absolute atomic E-state index is 6.45. The van der Waals surface area contributed by atoms with E-state index in [-0.39, 0.29) is 32.7 Å². The number of hydrogen-bond acceptors (Lipinski definition) is 5. The van der Waals surface area contributed by atoms with Gasteiger partial charge in [0.05, 0.1) is 5.39 Å². The summed E-state index contributed by atoms with van der Waals surface area (Å²) >= 11 is 0. The van der Waals surface area contributed by atoms with Crippen molar-refractivity contribution in [2.75, 3.05) is 25.4 Å². The van der Waals surface area contributed by atoms with Crippen molar-refractivity contribution in [3.05, 3.63) is 72.7 Å². The van der Waals surface area contributed by atoms with Gasteiger partial charge in [0.25, 0.3) is 0 Å². The Morgan fingerprint density at radius 3 is 2.56 bits per heavy atom. The zero-order valence-electron chi connectivity index (χ0n) is 20.8.